The van der Waals surface area contributed by atoms with E-state index in [1.54, 1.807) is 0 Å². The SMILES string of the molecule is [Cl][Co]([Cl])[Cl].[Cu]. The zero-order chi connectivity index (χ0) is 3.58. The molecule has 0 saturated heterocycles. The van der Waals surface area contributed by atoms with Crippen LogP contribution >= 0.6 is 30.4 Å². The Bertz CT molecular complexity index is 11.6. The van der Waals surface area contributed by atoms with E-state index < -0.39 is 10.9 Å². The van der Waals surface area contributed by atoms with Crippen LogP contribution in [0.15, 0.2) is 0 Å². The van der Waals surface area contributed by atoms with Crippen LogP contribution in [0, 0.1) is 0 Å². The normalized spacial score (nSPS) is 9.00. The van der Waals surface area contributed by atoms with Crippen molar-refractivity contribution < 1.29 is 28.0 Å². The summed E-state index contributed by atoms with van der Waals surface area (Å²) in [7, 11) is 13.4. The van der Waals surface area contributed by atoms with Gasteiger partial charge >= 0.3 is 41.4 Å². The molecule has 0 bridgehead atoms. The molecular weight excluding hydrogens is 229 g/mol. The van der Waals surface area contributed by atoms with Crippen molar-refractivity contribution in [3.05, 3.63) is 0 Å². The molecule has 0 rings (SSSR count). The topological polar surface area (TPSA) is 0 Å². The third-order valence-corrected chi connectivity index (χ3v) is 0. The van der Waals surface area contributed by atoms with E-state index in [1.807, 2.05) is 0 Å². The summed E-state index contributed by atoms with van der Waals surface area (Å²) in [6.45, 7) is 0. The van der Waals surface area contributed by atoms with E-state index in [1.165, 1.54) is 0 Å². The molecule has 0 heterocycles. The summed E-state index contributed by atoms with van der Waals surface area (Å²) in [5, 5.41) is 0. The zero-order valence-electron chi connectivity index (χ0n) is 1.77. The Balaban J connectivity index is 0. The molecule has 0 aliphatic carbocycles. The van der Waals surface area contributed by atoms with Gasteiger partial charge in [-0.05, 0) is 0 Å². The summed E-state index contributed by atoms with van der Waals surface area (Å²) in [4.78, 5) is 0. The molecular formula is Cl3CoCu. The third-order valence-electron chi connectivity index (χ3n) is 0. The van der Waals surface area contributed by atoms with Gasteiger partial charge in [-0.3, -0.25) is 0 Å². The fourth-order valence-electron chi connectivity index (χ4n) is 0. The Kier molecular flexibility index (Phi) is 11.8. The van der Waals surface area contributed by atoms with Crippen molar-refractivity contribution in [1.82, 2.24) is 0 Å². The first-order chi connectivity index (χ1) is 1.73. The number of hydrogen-bond donors (Lipinski definition) is 0. The maximum Gasteiger partial charge on any atom is 0 e. The summed E-state index contributed by atoms with van der Waals surface area (Å²) >= 11 is 0. The summed E-state index contributed by atoms with van der Waals surface area (Å²) < 4.78 is 0. The second-order valence-electron chi connectivity index (χ2n) is 0.143. The summed E-state index contributed by atoms with van der Waals surface area (Å²) in [6, 6.07) is 0. The quantitative estimate of drug-likeness (QED) is 0.557. The van der Waals surface area contributed by atoms with Crippen molar-refractivity contribution >= 4 is 30.4 Å². The van der Waals surface area contributed by atoms with E-state index in [9.17, 15) is 0 Å². The predicted molar refractivity (Wildman–Crippen MR) is 17.6 cm³/mol. The molecule has 0 spiro atoms. The van der Waals surface area contributed by atoms with Crippen LogP contribution in [0.25, 0.3) is 0 Å². The molecule has 0 N–H and O–H groups in total. The van der Waals surface area contributed by atoms with E-state index in [2.05, 4.69) is 0 Å². The van der Waals surface area contributed by atoms with Crippen LogP contribution in [0.1, 0.15) is 0 Å². The monoisotopic (exact) mass is 227 g/mol. The van der Waals surface area contributed by atoms with E-state index in [0.29, 0.717) is 0 Å². The minimum absolute atomic E-state index is 0. The average Bonchev–Trinajstić information content (AvgIpc) is 0.811. The molecule has 0 fully saturated rings. The Hall–Kier alpha value is 1.90. The second-order valence-corrected chi connectivity index (χ2v) is 5.30. The van der Waals surface area contributed by atoms with E-state index in [4.69, 9.17) is 30.4 Å². The first kappa shape index (κ1) is 10.0. The van der Waals surface area contributed by atoms with Crippen LogP contribution in [0.3, 0.4) is 0 Å². The molecule has 0 aromatic rings. The summed E-state index contributed by atoms with van der Waals surface area (Å²) in [5.74, 6) is 0. The second kappa shape index (κ2) is 5.90. The van der Waals surface area contributed by atoms with Gasteiger partial charge in [0.25, 0.3) is 0 Å². The van der Waals surface area contributed by atoms with Gasteiger partial charge in [0.05, 0.1) is 0 Å². The Labute approximate surface area is 58.1 Å². The number of hydrogen-bond acceptors (Lipinski definition) is 0. The van der Waals surface area contributed by atoms with Crippen LogP contribution in [0.2, 0.25) is 0 Å². The number of rotatable bonds is 0. The van der Waals surface area contributed by atoms with Crippen LogP contribution in [-0.2, 0) is 28.0 Å². The van der Waals surface area contributed by atoms with Gasteiger partial charge in [-0.1, -0.05) is 0 Å². The van der Waals surface area contributed by atoms with Gasteiger partial charge in [0.2, 0.25) is 0 Å². The Morgan fingerprint density at radius 1 is 1.00 bits per heavy atom. The van der Waals surface area contributed by atoms with Crippen LogP contribution in [0.4, 0.5) is 0 Å². The zero-order valence-corrected chi connectivity index (χ0v) is 6.02. The van der Waals surface area contributed by atoms with Gasteiger partial charge in [0.1, 0.15) is 0 Å². The smallest absolute Gasteiger partial charge is 0 e. The molecule has 5 heteroatoms. The fourth-order valence-corrected chi connectivity index (χ4v) is 0. The molecule has 1 radical (unpaired) electrons. The average molecular weight is 229 g/mol. The van der Waals surface area contributed by atoms with Crippen molar-refractivity contribution in [3.63, 3.8) is 0 Å². The van der Waals surface area contributed by atoms with Crippen LogP contribution < -0.4 is 0 Å². The van der Waals surface area contributed by atoms with Gasteiger partial charge in [0.15, 0.2) is 0 Å². The van der Waals surface area contributed by atoms with Crippen molar-refractivity contribution in [2.24, 2.45) is 0 Å². The van der Waals surface area contributed by atoms with Crippen molar-refractivity contribution in [2.75, 3.05) is 0 Å². The molecule has 0 aromatic heterocycles. The molecule has 0 amide bonds. The van der Waals surface area contributed by atoms with E-state index >= 15 is 0 Å². The maximum absolute atomic E-state index is 4.87. The van der Waals surface area contributed by atoms with Crippen LogP contribution in [-0.4, -0.2) is 0 Å². The molecule has 0 aliphatic rings. The third kappa shape index (κ3) is 24.9. The Morgan fingerprint density at radius 3 is 1.00 bits per heavy atom. The fraction of sp³-hybridized carbons (Fsp3) is 0. The van der Waals surface area contributed by atoms with Crippen molar-refractivity contribution in [3.8, 4) is 0 Å². The summed E-state index contributed by atoms with van der Waals surface area (Å²) in [6.07, 6.45) is 0. The predicted octanol–water partition coefficient (Wildman–Crippen LogP) is 2.06. The first-order valence-electron chi connectivity index (χ1n) is 0.378. The molecule has 0 atom stereocenters. The molecule has 0 aliphatic heterocycles. The summed E-state index contributed by atoms with van der Waals surface area (Å²) in [5.41, 5.74) is 0. The van der Waals surface area contributed by atoms with Gasteiger partial charge in [-0.15, -0.1) is 0 Å². The van der Waals surface area contributed by atoms with Gasteiger partial charge in [-0.25, -0.2) is 0 Å². The molecule has 0 saturated carbocycles. The first-order valence-corrected chi connectivity index (χ1v) is 4.68. The standard InChI is InChI=1S/3ClH.Co.Cu/h3*1H;;/q;;;+3;/p-3. The minimum Gasteiger partial charge on any atom is 0 e. The number of halogens is 3. The molecule has 0 unspecified atom stereocenters. The molecule has 0 aromatic carbocycles. The van der Waals surface area contributed by atoms with Gasteiger partial charge in [-0.2, -0.15) is 0 Å². The van der Waals surface area contributed by atoms with Crippen molar-refractivity contribution in [2.45, 2.75) is 0 Å². The van der Waals surface area contributed by atoms with E-state index in [0.717, 1.165) is 0 Å². The molecule has 41 valence electrons. The largest absolute Gasteiger partial charge is 0 e. The Morgan fingerprint density at radius 2 is 1.00 bits per heavy atom. The molecule has 5 heavy (non-hydrogen) atoms. The van der Waals surface area contributed by atoms with Gasteiger partial charge in [0, 0.05) is 17.1 Å². The minimum atomic E-state index is -1.19. The van der Waals surface area contributed by atoms with Crippen molar-refractivity contribution in [1.29, 1.82) is 0 Å². The molecule has 0 nitrogen and oxygen atoms in total. The van der Waals surface area contributed by atoms with Gasteiger partial charge < -0.3 is 0 Å². The van der Waals surface area contributed by atoms with Crippen LogP contribution in [0.5, 0.6) is 0 Å². The maximum atomic E-state index is 4.87. The van der Waals surface area contributed by atoms with E-state index in [-0.39, 0.29) is 17.1 Å².